The fraction of sp³-hybridized carbons (Fsp3) is 0.750. The van der Waals surface area contributed by atoms with E-state index in [0.29, 0.717) is 25.1 Å². The second kappa shape index (κ2) is 46.1. The number of primary amides is 2. The molecule has 0 bridgehead atoms. The van der Waals surface area contributed by atoms with E-state index in [0.717, 1.165) is 50.8 Å². The van der Waals surface area contributed by atoms with E-state index in [1.54, 1.807) is 13.4 Å². The van der Waals surface area contributed by atoms with Gasteiger partial charge in [-0.15, -0.1) is 0 Å². The van der Waals surface area contributed by atoms with Crippen LogP contribution in [0.2, 0.25) is 0 Å². The minimum Gasteiger partial charge on any atom is -0.505 e. The molecule has 256 valence electrons. The Morgan fingerprint density at radius 3 is 1.81 bits per heavy atom. The molecule has 13 N–H and O–H groups in total. The quantitative estimate of drug-likeness (QED) is 0.0497. The Hall–Kier alpha value is -2.88. The molecule has 1 atom stereocenters. The lowest BCUT2D eigenvalue weighted by molar-refractivity contribution is -0.137. The summed E-state index contributed by atoms with van der Waals surface area (Å²) in [5.41, 5.74) is 24.3. The van der Waals surface area contributed by atoms with E-state index in [4.69, 9.17) is 27.1 Å². The van der Waals surface area contributed by atoms with E-state index < -0.39 is 11.9 Å². The SMILES string of the molecule is C/C=C/OC.CC(N)CSCC(=O)NCC(N)=O.CN.NC=O.NCCCC(=O)NCCCCCCCCCCC(=O)O. The molecule has 0 heterocycles. The fourth-order valence-electron chi connectivity index (χ4n) is 2.75. The molecule has 0 rings (SSSR count). The van der Waals surface area contributed by atoms with Crippen LogP contribution < -0.4 is 39.3 Å². The summed E-state index contributed by atoms with van der Waals surface area (Å²) in [5, 5.41) is 13.8. The molecule has 15 heteroatoms. The van der Waals surface area contributed by atoms with Crippen molar-refractivity contribution in [2.75, 3.05) is 45.3 Å². The van der Waals surface area contributed by atoms with E-state index in [2.05, 4.69) is 26.8 Å². The highest BCUT2D eigenvalue weighted by atomic mass is 32.2. The van der Waals surface area contributed by atoms with Gasteiger partial charge in [0, 0.05) is 31.2 Å². The lowest BCUT2D eigenvalue weighted by Crippen LogP contribution is -2.34. The van der Waals surface area contributed by atoms with Crippen molar-refractivity contribution in [2.45, 2.75) is 90.5 Å². The molecular formula is C28H61N7O7S. The van der Waals surface area contributed by atoms with Crippen molar-refractivity contribution in [3.63, 3.8) is 0 Å². The summed E-state index contributed by atoms with van der Waals surface area (Å²) in [7, 11) is 3.12. The Labute approximate surface area is 263 Å². The number of unbranched alkanes of at least 4 members (excludes halogenated alkanes) is 7. The first-order valence-corrected chi connectivity index (χ1v) is 15.6. The number of aliphatic carboxylic acids is 1. The summed E-state index contributed by atoms with van der Waals surface area (Å²) in [5.74, 6) is -0.277. The van der Waals surface area contributed by atoms with Crippen molar-refractivity contribution in [3.05, 3.63) is 12.3 Å². The summed E-state index contributed by atoms with van der Waals surface area (Å²) in [6, 6.07) is 0.0777. The maximum Gasteiger partial charge on any atom is 0.303 e. The zero-order valence-corrected chi connectivity index (χ0v) is 27.6. The van der Waals surface area contributed by atoms with Gasteiger partial charge in [-0.2, -0.15) is 11.8 Å². The van der Waals surface area contributed by atoms with Gasteiger partial charge in [0.25, 0.3) is 0 Å². The van der Waals surface area contributed by atoms with E-state index in [-0.39, 0.29) is 30.8 Å². The number of ether oxygens (including phenoxy) is 1. The summed E-state index contributed by atoms with van der Waals surface area (Å²) in [6.07, 6.45) is 14.0. The van der Waals surface area contributed by atoms with Gasteiger partial charge in [-0.1, -0.05) is 44.6 Å². The second-order valence-electron chi connectivity index (χ2n) is 8.79. The molecule has 0 saturated carbocycles. The van der Waals surface area contributed by atoms with Gasteiger partial charge in [-0.05, 0) is 46.7 Å². The van der Waals surface area contributed by atoms with Crippen molar-refractivity contribution in [2.24, 2.45) is 28.7 Å². The van der Waals surface area contributed by atoms with Gasteiger partial charge in [0.15, 0.2) is 0 Å². The average molecular weight is 640 g/mol. The number of nitrogens with one attached hydrogen (secondary N) is 2. The van der Waals surface area contributed by atoms with Gasteiger partial charge < -0.3 is 49.1 Å². The maximum absolute atomic E-state index is 11.3. The number of methoxy groups -OCH3 is 1. The van der Waals surface area contributed by atoms with Gasteiger partial charge in [-0.25, -0.2) is 0 Å². The van der Waals surface area contributed by atoms with Crippen molar-refractivity contribution >= 4 is 41.9 Å². The molecule has 0 aromatic carbocycles. The first-order valence-electron chi connectivity index (χ1n) is 14.5. The molecular weight excluding hydrogens is 578 g/mol. The second-order valence-corrected chi connectivity index (χ2v) is 9.82. The van der Waals surface area contributed by atoms with Gasteiger partial charge in [-0.3, -0.25) is 24.0 Å². The molecule has 0 fully saturated rings. The molecule has 43 heavy (non-hydrogen) atoms. The standard InChI is InChI=1S/C15H30N2O3.C7H15N3O2S.C4H8O.CH3NO.CH5N/c16-12-9-10-14(18)17-13-8-6-4-2-1-3-5-7-11-15(19)20;1-5(8)3-13-4-7(12)10-2-6(9)11;1-3-4-5-2;2-1-3;1-2/h1-13,16H2,(H,17,18)(H,19,20);5H,2-4,8H2,1H3,(H2,9,11)(H,10,12);3-4H,1-2H3;1H,(H2,2,3);2H2,1H3/b;;4-3+;;. The number of thioether (sulfide) groups is 1. The topological polar surface area (TPSA) is 269 Å². The smallest absolute Gasteiger partial charge is 0.303 e. The summed E-state index contributed by atoms with van der Waals surface area (Å²) in [6.45, 7) is 5.01. The molecule has 0 saturated heterocycles. The maximum atomic E-state index is 11.3. The van der Waals surface area contributed by atoms with Crippen molar-refractivity contribution < 1.29 is 33.8 Å². The Bertz CT molecular complexity index is 671. The van der Waals surface area contributed by atoms with Crippen molar-refractivity contribution in [3.8, 4) is 0 Å². The number of allylic oxidation sites excluding steroid dienone is 1. The molecule has 0 radical (unpaired) electrons. The number of rotatable bonds is 21. The molecule has 0 aromatic heterocycles. The highest BCUT2D eigenvalue weighted by Crippen LogP contribution is 2.09. The highest BCUT2D eigenvalue weighted by Gasteiger charge is 2.03. The van der Waals surface area contributed by atoms with Crippen LogP contribution in [-0.2, 0) is 28.7 Å². The van der Waals surface area contributed by atoms with Crippen LogP contribution in [0.15, 0.2) is 12.3 Å². The van der Waals surface area contributed by atoms with Crippen LogP contribution in [0, 0.1) is 0 Å². The molecule has 0 aliphatic heterocycles. The zero-order chi connectivity index (χ0) is 34.2. The number of carbonyl (C=O) groups excluding carboxylic acids is 4. The third kappa shape index (κ3) is 68.2. The molecule has 0 aliphatic carbocycles. The van der Waals surface area contributed by atoms with Crippen LogP contribution in [0.25, 0.3) is 0 Å². The number of carboxylic acids is 1. The van der Waals surface area contributed by atoms with Crippen LogP contribution in [0.1, 0.15) is 84.5 Å². The minimum absolute atomic E-state index is 0.0777. The lowest BCUT2D eigenvalue weighted by atomic mass is 10.1. The lowest BCUT2D eigenvalue weighted by Gasteiger charge is -2.05. The largest absolute Gasteiger partial charge is 0.505 e. The minimum atomic E-state index is -0.696. The van der Waals surface area contributed by atoms with Crippen LogP contribution >= 0.6 is 11.8 Å². The number of carbonyl (C=O) groups is 5. The van der Waals surface area contributed by atoms with E-state index in [1.807, 2.05) is 19.9 Å². The molecule has 14 nitrogen and oxygen atoms in total. The predicted molar refractivity (Wildman–Crippen MR) is 176 cm³/mol. The molecule has 1 unspecified atom stereocenters. The zero-order valence-electron chi connectivity index (χ0n) is 26.8. The number of hydrogen-bond acceptors (Lipinski definition) is 10. The van der Waals surface area contributed by atoms with E-state index in [9.17, 15) is 19.2 Å². The summed E-state index contributed by atoms with van der Waals surface area (Å²) in [4.78, 5) is 51.4. The third-order valence-electron chi connectivity index (χ3n) is 4.59. The first-order chi connectivity index (χ1) is 20.5. The molecule has 0 aliphatic rings. The van der Waals surface area contributed by atoms with E-state index >= 15 is 0 Å². The monoisotopic (exact) mass is 639 g/mol. The van der Waals surface area contributed by atoms with Gasteiger partial charge >= 0.3 is 5.97 Å². The van der Waals surface area contributed by atoms with Crippen LogP contribution in [0.5, 0.6) is 0 Å². The number of nitrogens with two attached hydrogens (primary N) is 5. The van der Waals surface area contributed by atoms with Gasteiger partial charge in [0.1, 0.15) is 0 Å². The molecule has 0 aromatic rings. The van der Waals surface area contributed by atoms with Crippen LogP contribution in [-0.4, -0.2) is 86.5 Å². The first kappa shape index (κ1) is 49.8. The Kier molecular flexibility index (Phi) is 53.4. The Balaban J connectivity index is -0.000000178. The van der Waals surface area contributed by atoms with Gasteiger partial charge in [0.2, 0.25) is 24.1 Å². The predicted octanol–water partition coefficient (Wildman–Crippen LogP) is 0.948. The van der Waals surface area contributed by atoms with Crippen molar-refractivity contribution in [1.29, 1.82) is 0 Å². The summed E-state index contributed by atoms with van der Waals surface area (Å²) < 4.78 is 4.51. The van der Waals surface area contributed by atoms with Crippen LogP contribution in [0.3, 0.4) is 0 Å². The number of carboxylic acid groups (broad SMARTS) is 1. The number of amides is 4. The average Bonchev–Trinajstić information content (AvgIpc) is 2.96. The normalized spacial score (nSPS) is 10.0. The van der Waals surface area contributed by atoms with Crippen molar-refractivity contribution in [1.82, 2.24) is 10.6 Å². The third-order valence-corrected chi connectivity index (χ3v) is 5.82. The highest BCUT2D eigenvalue weighted by molar-refractivity contribution is 7.99. The van der Waals surface area contributed by atoms with E-state index in [1.165, 1.54) is 38.1 Å². The Morgan fingerprint density at radius 2 is 1.42 bits per heavy atom. The Morgan fingerprint density at radius 1 is 0.907 bits per heavy atom. The van der Waals surface area contributed by atoms with Gasteiger partial charge in [0.05, 0.1) is 25.7 Å². The number of hydrogen-bond donors (Lipinski definition) is 8. The molecule has 0 spiro atoms. The summed E-state index contributed by atoms with van der Waals surface area (Å²) >= 11 is 1.43. The molecule has 4 amide bonds. The van der Waals surface area contributed by atoms with Crippen LogP contribution in [0.4, 0.5) is 0 Å². The fourth-order valence-corrected chi connectivity index (χ4v) is 3.53.